The summed E-state index contributed by atoms with van der Waals surface area (Å²) < 4.78 is 1.85. The van der Waals surface area contributed by atoms with Crippen LogP contribution in [0.25, 0.3) is 0 Å². The molecule has 2 heterocycles. The van der Waals surface area contributed by atoms with Crippen LogP contribution in [0.4, 0.5) is 0 Å². The highest BCUT2D eigenvalue weighted by molar-refractivity contribution is 7.98. The Kier molecular flexibility index (Phi) is 3.19. The van der Waals surface area contributed by atoms with Gasteiger partial charge in [0.05, 0.1) is 12.2 Å². The van der Waals surface area contributed by atoms with Crippen molar-refractivity contribution in [1.29, 1.82) is 0 Å². The zero-order valence-electron chi connectivity index (χ0n) is 10.0. The topological polar surface area (TPSA) is 34.9 Å². The van der Waals surface area contributed by atoms with E-state index in [0.717, 1.165) is 41.2 Å². The maximum Gasteiger partial charge on any atom is 0.168 e. The van der Waals surface area contributed by atoms with Crippen molar-refractivity contribution in [3.05, 3.63) is 52.8 Å². The molecule has 1 aromatic carbocycles. The molecule has 92 valence electrons. The highest BCUT2D eigenvalue weighted by atomic mass is 32.2. The summed E-state index contributed by atoms with van der Waals surface area (Å²) in [6, 6.07) is 10.1. The monoisotopic (exact) mass is 258 g/mol. The molecule has 2 aromatic rings. The number of hydrogen-bond acceptors (Lipinski definition) is 3. The molecule has 0 unspecified atom stereocenters. The predicted molar refractivity (Wildman–Crippen MR) is 73.0 cm³/mol. The third kappa shape index (κ3) is 2.08. The van der Waals surface area contributed by atoms with E-state index < -0.39 is 0 Å². The van der Waals surface area contributed by atoms with Crippen molar-refractivity contribution in [3.63, 3.8) is 0 Å². The Morgan fingerprint density at radius 1 is 1.33 bits per heavy atom. The molecular weight excluding hydrogens is 244 g/mol. The van der Waals surface area contributed by atoms with E-state index in [0.29, 0.717) is 6.54 Å². The van der Waals surface area contributed by atoms with Crippen molar-refractivity contribution in [1.82, 2.24) is 9.78 Å². The zero-order valence-corrected chi connectivity index (χ0v) is 10.8. The fraction of sp³-hybridized carbons (Fsp3) is 0.286. The van der Waals surface area contributed by atoms with Gasteiger partial charge in [-0.2, -0.15) is 16.9 Å². The van der Waals surface area contributed by atoms with Crippen LogP contribution in [0.1, 0.15) is 27.3 Å². The molecule has 1 aromatic heterocycles. The van der Waals surface area contributed by atoms with Gasteiger partial charge in [-0.15, -0.1) is 0 Å². The highest BCUT2D eigenvalue weighted by Gasteiger charge is 2.20. The van der Waals surface area contributed by atoms with Gasteiger partial charge in [-0.25, -0.2) is 0 Å². The maximum atomic E-state index is 11.3. The summed E-state index contributed by atoms with van der Waals surface area (Å²) in [5.74, 6) is 2.02. The zero-order chi connectivity index (χ0) is 12.4. The number of hydrogen-bond donors (Lipinski definition) is 0. The lowest BCUT2D eigenvalue weighted by atomic mass is 10.1. The first-order valence-electron chi connectivity index (χ1n) is 6.04. The summed E-state index contributed by atoms with van der Waals surface area (Å²) in [4.78, 5) is 11.3. The average molecular weight is 258 g/mol. The second-order valence-corrected chi connectivity index (χ2v) is 5.48. The molecule has 0 spiro atoms. The van der Waals surface area contributed by atoms with E-state index in [9.17, 15) is 4.79 Å². The van der Waals surface area contributed by atoms with Crippen LogP contribution in [0.2, 0.25) is 0 Å². The molecule has 1 aliphatic heterocycles. The molecule has 0 radical (unpaired) electrons. The first-order valence-corrected chi connectivity index (χ1v) is 7.19. The minimum absolute atomic E-state index is 0.673. The van der Waals surface area contributed by atoms with Crippen LogP contribution >= 0.6 is 11.8 Å². The van der Waals surface area contributed by atoms with Crippen LogP contribution in [0, 0.1) is 0 Å². The fourth-order valence-electron chi connectivity index (χ4n) is 2.27. The van der Waals surface area contributed by atoms with Gasteiger partial charge in [0.25, 0.3) is 0 Å². The lowest BCUT2D eigenvalue weighted by Crippen LogP contribution is -2.06. The summed E-state index contributed by atoms with van der Waals surface area (Å²) in [6.45, 7) is 0.673. The van der Waals surface area contributed by atoms with Crippen LogP contribution < -0.4 is 0 Å². The summed E-state index contributed by atoms with van der Waals surface area (Å²) in [5.41, 5.74) is 4.16. The number of carbonyl (C=O) groups excluding carboxylic acids is 1. The first kappa shape index (κ1) is 11.5. The quantitative estimate of drug-likeness (QED) is 0.794. The summed E-state index contributed by atoms with van der Waals surface area (Å²) in [5, 5.41) is 4.59. The third-order valence-corrected chi connectivity index (χ3v) is 4.18. The number of aromatic nitrogens is 2. The summed E-state index contributed by atoms with van der Waals surface area (Å²) in [7, 11) is 0. The fourth-order valence-corrected chi connectivity index (χ4v) is 3.27. The normalized spacial score (nSPS) is 14.2. The van der Waals surface area contributed by atoms with Crippen molar-refractivity contribution >= 4 is 18.0 Å². The average Bonchev–Trinajstić information content (AvgIpc) is 2.77. The lowest BCUT2D eigenvalue weighted by Gasteiger charge is -2.08. The largest absolute Gasteiger partial charge is 0.296 e. The Morgan fingerprint density at radius 2 is 2.17 bits per heavy atom. The van der Waals surface area contributed by atoms with Crippen LogP contribution in [0.3, 0.4) is 0 Å². The molecule has 0 aliphatic carbocycles. The minimum atomic E-state index is 0.673. The predicted octanol–water partition coefficient (Wildman–Crippen LogP) is 2.53. The molecule has 0 saturated heterocycles. The maximum absolute atomic E-state index is 11.3. The molecule has 0 bridgehead atoms. The Hall–Kier alpha value is -1.55. The summed E-state index contributed by atoms with van der Waals surface area (Å²) in [6.07, 6.45) is 1.92. The van der Waals surface area contributed by atoms with E-state index in [-0.39, 0.29) is 0 Å². The van der Waals surface area contributed by atoms with Gasteiger partial charge in [-0.1, -0.05) is 30.3 Å². The Morgan fingerprint density at radius 3 is 2.94 bits per heavy atom. The third-order valence-electron chi connectivity index (χ3n) is 3.19. The molecule has 0 fully saturated rings. The van der Waals surface area contributed by atoms with E-state index in [1.54, 1.807) is 0 Å². The van der Waals surface area contributed by atoms with Gasteiger partial charge in [0, 0.05) is 17.7 Å². The van der Waals surface area contributed by atoms with Crippen LogP contribution in [-0.4, -0.2) is 21.8 Å². The van der Waals surface area contributed by atoms with Gasteiger partial charge >= 0.3 is 0 Å². The van der Waals surface area contributed by atoms with E-state index in [1.165, 1.54) is 5.56 Å². The molecule has 0 atom stereocenters. The van der Waals surface area contributed by atoms with Gasteiger partial charge < -0.3 is 0 Å². The molecule has 0 saturated carbocycles. The standard InChI is InChI=1S/C14H14N2OS/c17-9-14-12-10-18-7-6-13(12)15-16(14)8-11-4-2-1-3-5-11/h1-5,9H,6-8,10H2. The second kappa shape index (κ2) is 4.98. The number of rotatable bonds is 3. The molecule has 3 nitrogen and oxygen atoms in total. The van der Waals surface area contributed by atoms with Crippen LogP contribution in [-0.2, 0) is 18.7 Å². The van der Waals surface area contributed by atoms with Crippen LogP contribution in [0.5, 0.6) is 0 Å². The lowest BCUT2D eigenvalue weighted by molar-refractivity contribution is 0.111. The molecule has 0 N–H and O–H groups in total. The Balaban J connectivity index is 1.97. The minimum Gasteiger partial charge on any atom is -0.296 e. The van der Waals surface area contributed by atoms with Crippen molar-refractivity contribution in [2.45, 2.75) is 18.7 Å². The Labute approximate surface area is 110 Å². The van der Waals surface area contributed by atoms with Crippen molar-refractivity contribution in [3.8, 4) is 0 Å². The highest BCUT2D eigenvalue weighted by Crippen LogP contribution is 2.26. The second-order valence-electron chi connectivity index (χ2n) is 4.37. The first-order chi connectivity index (χ1) is 8.88. The SMILES string of the molecule is O=Cc1c2c(nn1Cc1ccccc1)CCSC2. The van der Waals surface area contributed by atoms with Gasteiger partial charge in [-0.05, 0) is 11.3 Å². The van der Waals surface area contributed by atoms with E-state index in [2.05, 4.69) is 17.2 Å². The smallest absolute Gasteiger partial charge is 0.168 e. The van der Waals surface area contributed by atoms with Gasteiger partial charge in [-0.3, -0.25) is 9.48 Å². The number of fused-ring (bicyclic) bond motifs is 1. The molecule has 3 rings (SSSR count). The number of carbonyl (C=O) groups is 1. The number of benzene rings is 1. The van der Waals surface area contributed by atoms with E-state index >= 15 is 0 Å². The number of thioether (sulfide) groups is 1. The van der Waals surface area contributed by atoms with Gasteiger partial charge in [0.15, 0.2) is 6.29 Å². The van der Waals surface area contributed by atoms with Crippen molar-refractivity contribution < 1.29 is 4.79 Å². The number of nitrogens with zero attached hydrogens (tertiary/aromatic N) is 2. The van der Waals surface area contributed by atoms with Gasteiger partial charge in [0.2, 0.25) is 0 Å². The molecule has 0 amide bonds. The van der Waals surface area contributed by atoms with Crippen molar-refractivity contribution in [2.75, 3.05) is 5.75 Å². The number of aldehydes is 1. The number of aryl methyl sites for hydroxylation is 1. The molecular formula is C14H14N2OS. The molecule has 18 heavy (non-hydrogen) atoms. The molecule has 4 heteroatoms. The van der Waals surface area contributed by atoms with Gasteiger partial charge in [0.1, 0.15) is 5.69 Å². The van der Waals surface area contributed by atoms with E-state index in [4.69, 9.17) is 0 Å². The van der Waals surface area contributed by atoms with Crippen LogP contribution in [0.15, 0.2) is 30.3 Å². The Bertz CT molecular complexity index is 563. The molecule has 1 aliphatic rings. The summed E-state index contributed by atoms with van der Waals surface area (Å²) >= 11 is 1.87. The van der Waals surface area contributed by atoms with Crippen molar-refractivity contribution in [2.24, 2.45) is 0 Å². The van der Waals surface area contributed by atoms with E-state index in [1.807, 2.05) is 34.6 Å².